The number of rotatable bonds is 6. The first-order valence-electron chi connectivity index (χ1n) is 4.99. The Balaban J connectivity index is 3.50. The molecule has 0 saturated carbocycles. The number of nitrogens with one attached hydrogen (secondary N) is 1. The minimum atomic E-state index is 0.135. The molecule has 2 nitrogen and oxygen atoms in total. The SMILES string of the molecule is CCCC(C)C(=O)NCCC(C)Cl. The van der Waals surface area contributed by atoms with Gasteiger partial charge in [-0.25, -0.2) is 0 Å². The summed E-state index contributed by atoms with van der Waals surface area (Å²) >= 11 is 5.75. The zero-order valence-corrected chi connectivity index (χ0v) is 9.53. The van der Waals surface area contributed by atoms with Crippen LogP contribution < -0.4 is 5.32 Å². The van der Waals surface area contributed by atoms with Crippen molar-refractivity contribution in [3.05, 3.63) is 0 Å². The van der Waals surface area contributed by atoms with Gasteiger partial charge in [0.1, 0.15) is 0 Å². The molecule has 1 amide bonds. The Hall–Kier alpha value is -0.240. The van der Waals surface area contributed by atoms with E-state index in [2.05, 4.69) is 12.2 Å². The molecule has 0 saturated heterocycles. The first-order valence-corrected chi connectivity index (χ1v) is 5.43. The first kappa shape index (κ1) is 12.8. The highest BCUT2D eigenvalue weighted by Gasteiger charge is 2.10. The third kappa shape index (κ3) is 6.88. The Morgan fingerprint density at radius 2 is 2.00 bits per heavy atom. The van der Waals surface area contributed by atoms with Gasteiger partial charge >= 0.3 is 0 Å². The van der Waals surface area contributed by atoms with Crippen molar-refractivity contribution in [1.29, 1.82) is 0 Å². The molecule has 0 heterocycles. The lowest BCUT2D eigenvalue weighted by Gasteiger charge is -2.11. The molecule has 0 fully saturated rings. The quantitative estimate of drug-likeness (QED) is 0.664. The van der Waals surface area contributed by atoms with E-state index < -0.39 is 0 Å². The largest absolute Gasteiger partial charge is 0.356 e. The molecule has 0 aromatic carbocycles. The predicted molar refractivity (Wildman–Crippen MR) is 57.0 cm³/mol. The van der Waals surface area contributed by atoms with Gasteiger partial charge in [0, 0.05) is 17.8 Å². The highest BCUT2D eigenvalue weighted by molar-refractivity contribution is 6.20. The van der Waals surface area contributed by atoms with Crippen LogP contribution in [0.15, 0.2) is 0 Å². The molecule has 0 rings (SSSR count). The van der Waals surface area contributed by atoms with Gasteiger partial charge in [0.25, 0.3) is 0 Å². The number of amides is 1. The molecule has 0 aliphatic heterocycles. The topological polar surface area (TPSA) is 29.1 Å². The summed E-state index contributed by atoms with van der Waals surface area (Å²) in [6.07, 6.45) is 2.86. The lowest BCUT2D eigenvalue weighted by atomic mass is 10.1. The van der Waals surface area contributed by atoms with E-state index in [4.69, 9.17) is 11.6 Å². The molecule has 13 heavy (non-hydrogen) atoms. The van der Waals surface area contributed by atoms with Crippen LogP contribution in [0.2, 0.25) is 0 Å². The average molecular weight is 206 g/mol. The Kier molecular flexibility index (Phi) is 7.06. The second kappa shape index (κ2) is 7.19. The minimum absolute atomic E-state index is 0.135. The van der Waals surface area contributed by atoms with Gasteiger partial charge in [-0.1, -0.05) is 20.3 Å². The third-order valence-electron chi connectivity index (χ3n) is 2.01. The van der Waals surface area contributed by atoms with Crippen molar-refractivity contribution < 1.29 is 4.79 Å². The molecular weight excluding hydrogens is 186 g/mol. The van der Waals surface area contributed by atoms with E-state index in [1.165, 1.54) is 0 Å². The molecule has 1 N–H and O–H groups in total. The molecule has 3 heteroatoms. The number of alkyl halides is 1. The van der Waals surface area contributed by atoms with Gasteiger partial charge in [-0.15, -0.1) is 11.6 Å². The van der Waals surface area contributed by atoms with Crippen LogP contribution in [-0.4, -0.2) is 17.8 Å². The van der Waals surface area contributed by atoms with Crippen LogP contribution in [0.1, 0.15) is 40.0 Å². The number of hydrogen-bond acceptors (Lipinski definition) is 1. The molecule has 2 unspecified atom stereocenters. The molecule has 0 radical (unpaired) electrons. The van der Waals surface area contributed by atoms with Gasteiger partial charge in [0.15, 0.2) is 0 Å². The summed E-state index contributed by atoms with van der Waals surface area (Å²) in [5.41, 5.74) is 0. The monoisotopic (exact) mass is 205 g/mol. The van der Waals surface area contributed by atoms with Crippen molar-refractivity contribution in [2.24, 2.45) is 5.92 Å². The normalized spacial score (nSPS) is 15.1. The highest BCUT2D eigenvalue weighted by Crippen LogP contribution is 2.05. The fourth-order valence-electron chi connectivity index (χ4n) is 1.13. The van der Waals surface area contributed by atoms with E-state index in [0.29, 0.717) is 6.54 Å². The number of carbonyl (C=O) groups excluding carboxylic acids is 1. The fraction of sp³-hybridized carbons (Fsp3) is 0.900. The lowest BCUT2D eigenvalue weighted by Crippen LogP contribution is -2.30. The second-order valence-electron chi connectivity index (χ2n) is 3.55. The molecule has 0 aromatic rings. The second-order valence-corrected chi connectivity index (χ2v) is 4.30. The smallest absolute Gasteiger partial charge is 0.222 e. The van der Waals surface area contributed by atoms with Crippen LogP contribution in [0.4, 0.5) is 0 Å². The summed E-state index contributed by atoms with van der Waals surface area (Å²) in [5.74, 6) is 0.287. The molecule has 0 aliphatic carbocycles. The zero-order chi connectivity index (χ0) is 10.3. The fourth-order valence-corrected chi connectivity index (χ4v) is 1.24. The molecule has 0 bridgehead atoms. The van der Waals surface area contributed by atoms with Crippen LogP contribution in [0.5, 0.6) is 0 Å². The van der Waals surface area contributed by atoms with Gasteiger partial charge in [0.2, 0.25) is 5.91 Å². The summed E-state index contributed by atoms with van der Waals surface area (Å²) in [7, 11) is 0. The maximum absolute atomic E-state index is 11.4. The van der Waals surface area contributed by atoms with Crippen LogP contribution in [0.3, 0.4) is 0 Å². The molecule has 0 aromatic heterocycles. The van der Waals surface area contributed by atoms with Gasteiger partial charge in [-0.05, 0) is 19.8 Å². The molecule has 0 aliphatic rings. The average Bonchev–Trinajstić information content (AvgIpc) is 2.04. The first-order chi connectivity index (χ1) is 6.07. The van der Waals surface area contributed by atoms with Gasteiger partial charge in [-0.2, -0.15) is 0 Å². The van der Waals surface area contributed by atoms with Gasteiger partial charge in [-0.3, -0.25) is 4.79 Å². The molecule has 0 spiro atoms. The maximum Gasteiger partial charge on any atom is 0.222 e. The molecular formula is C10H20ClNO. The van der Waals surface area contributed by atoms with Gasteiger partial charge in [0.05, 0.1) is 0 Å². The Morgan fingerprint density at radius 1 is 1.38 bits per heavy atom. The van der Waals surface area contributed by atoms with Crippen LogP contribution in [0, 0.1) is 5.92 Å². The summed E-state index contributed by atoms with van der Waals surface area (Å²) in [4.78, 5) is 11.4. The lowest BCUT2D eigenvalue weighted by molar-refractivity contribution is -0.124. The number of halogens is 1. The Morgan fingerprint density at radius 3 is 2.46 bits per heavy atom. The standard InChI is InChI=1S/C10H20ClNO/c1-4-5-8(2)10(13)12-7-6-9(3)11/h8-9H,4-7H2,1-3H3,(H,12,13). The summed E-state index contributed by atoms with van der Waals surface area (Å²) in [5, 5.41) is 3.02. The van der Waals surface area contributed by atoms with Crippen molar-refractivity contribution >= 4 is 17.5 Å². The summed E-state index contributed by atoms with van der Waals surface area (Å²) < 4.78 is 0. The van der Waals surface area contributed by atoms with Crippen molar-refractivity contribution in [2.45, 2.75) is 45.4 Å². The van der Waals surface area contributed by atoms with E-state index in [-0.39, 0.29) is 17.2 Å². The Labute approximate surface area is 86.0 Å². The summed E-state index contributed by atoms with van der Waals surface area (Å²) in [6.45, 7) is 6.67. The minimum Gasteiger partial charge on any atom is -0.356 e. The van der Waals surface area contributed by atoms with E-state index in [1.807, 2.05) is 13.8 Å². The third-order valence-corrected chi connectivity index (χ3v) is 2.23. The van der Waals surface area contributed by atoms with Crippen molar-refractivity contribution in [1.82, 2.24) is 5.32 Å². The van der Waals surface area contributed by atoms with Crippen LogP contribution in [-0.2, 0) is 4.79 Å². The summed E-state index contributed by atoms with van der Waals surface area (Å²) in [6, 6.07) is 0. The number of hydrogen-bond donors (Lipinski definition) is 1. The predicted octanol–water partition coefficient (Wildman–Crippen LogP) is 2.56. The van der Waals surface area contributed by atoms with Crippen molar-refractivity contribution in [3.63, 3.8) is 0 Å². The van der Waals surface area contributed by atoms with Crippen LogP contribution >= 0.6 is 11.6 Å². The molecule has 2 atom stereocenters. The zero-order valence-electron chi connectivity index (χ0n) is 8.77. The maximum atomic E-state index is 11.4. The number of carbonyl (C=O) groups is 1. The van der Waals surface area contributed by atoms with Crippen molar-refractivity contribution in [3.8, 4) is 0 Å². The highest BCUT2D eigenvalue weighted by atomic mass is 35.5. The van der Waals surface area contributed by atoms with Crippen molar-refractivity contribution in [2.75, 3.05) is 6.54 Å². The van der Waals surface area contributed by atoms with Gasteiger partial charge < -0.3 is 5.32 Å². The van der Waals surface area contributed by atoms with Crippen LogP contribution in [0.25, 0.3) is 0 Å². The van der Waals surface area contributed by atoms with E-state index in [0.717, 1.165) is 19.3 Å². The molecule has 78 valence electrons. The van der Waals surface area contributed by atoms with E-state index in [9.17, 15) is 4.79 Å². The Bertz CT molecular complexity index is 148. The van der Waals surface area contributed by atoms with E-state index in [1.54, 1.807) is 0 Å². The van der Waals surface area contributed by atoms with E-state index >= 15 is 0 Å².